The summed E-state index contributed by atoms with van der Waals surface area (Å²) in [4.78, 5) is 33.3. The summed E-state index contributed by atoms with van der Waals surface area (Å²) < 4.78 is 1.12. The number of nitro groups is 1. The van der Waals surface area contributed by atoms with Crippen molar-refractivity contribution in [3.05, 3.63) is 51.1 Å². The summed E-state index contributed by atoms with van der Waals surface area (Å²) in [5, 5.41) is 13.6. The minimum Gasteiger partial charge on any atom is -0.369 e. The molecule has 0 bridgehead atoms. The predicted molar refractivity (Wildman–Crippen MR) is 70.4 cm³/mol. The van der Waals surface area contributed by atoms with Crippen molar-refractivity contribution in [2.45, 2.75) is 13.5 Å². The molecule has 0 radical (unpaired) electrons. The summed E-state index contributed by atoms with van der Waals surface area (Å²) in [5.74, 6) is 0.626. The highest BCUT2D eigenvalue weighted by atomic mass is 16.6. The third kappa shape index (κ3) is 3.13. The van der Waals surface area contributed by atoms with Crippen molar-refractivity contribution < 1.29 is 4.92 Å². The van der Waals surface area contributed by atoms with Crippen LogP contribution in [0.4, 0.5) is 11.5 Å². The molecule has 2 rings (SSSR count). The number of nitrogens with zero attached hydrogens (tertiary/aromatic N) is 5. The molecule has 9 heteroatoms. The fourth-order valence-corrected chi connectivity index (χ4v) is 1.53. The van der Waals surface area contributed by atoms with Gasteiger partial charge in [0.1, 0.15) is 12.0 Å². The Morgan fingerprint density at radius 3 is 2.70 bits per heavy atom. The van der Waals surface area contributed by atoms with Crippen molar-refractivity contribution in [2.75, 3.05) is 11.9 Å². The quantitative estimate of drug-likeness (QED) is 0.621. The first-order valence-electron chi connectivity index (χ1n) is 5.86. The molecule has 0 unspecified atom stereocenters. The third-order valence-electron chi connectivity index (χ3n) is 2.45. The average Bonchev–Trinajstić information content (AvgIpc) is 2.43. The molecule has 2 aromatic rings. The highest BCUT2D eigenvalue weighted by Crippen LogP contribution is 2.06. The van der Waals surface area contributed by atoms with Gasteiger partial charge in [0, 0.05) is 6.54 Å². The van der Waals surface area contributed by atoms with Crippen LogP contribution in [0, 0.1) is 10.1 Å². The molecule has 0 aliphatic rings. The van der Waals surface area contributed by atoms with E-state index in [0.717, 1.165) is 23.5 Å². The molecule has 2 aromatic heterocycles. The fourth-order valence-electron chi connectivity index (χ4n) is 1.53. The van der Waals surface area contributed by atoms with Crippen LogP contribution in [-0.4, -0.2) is 31.0 Å². The molecule has 0 amide bonds. The Balaban J connectivity index is 2.23. The highest BCUT2D eigenvalue weighted by Gasteiger charge is 2.09. The summed E-state index contributed by atoms with van der Waals surface area (Å²) in [5.41, 5.74) is -0.314. The second kappa shape index (κ2) is 5.87. The number of aromatic nitrogens is 4. The molecule has 0 atom stereocenters. The fraction of sp³-hybridized carbons (Fsp3) is 0.273. The molecule has 0 saturated heterocycles. The molecule has 20 heavy (non-hydrogen) atoms. The maximum Gasteiger partial charge on any atom is 0.348 e. The highest BCUT2D eigenvalue weighted by molar-refractivity contribution is 5.30. The van der Waals surface area contributed by atoms with Gasteiger partial charge in [-0.25, -0.2) is 9.78 Å². The Labute approximate surface area is 113 Å². The Bertz CT molecular complexity index is 667. The SMILES string of the molecule is CCNc1cnc(Cn2cc([N+](=O)[O-])cnc2=O)cn1. The van der Waals surface area contributed by atoms with Crippen LogP contribution in [0.1, 0.15) is 12.6 Å². The van der Waals surface area contributed by atoms with E-state index in [1.54, 1.807) is 0 Å². The van der Waals surface area contributed by atoms with E-state index in [1.165, 1.54) is 12.4 Å². The van der Waals surface area contributed by atoms with Crippen molar-refractivity contribution in [1.82, 2.24) is 19.5 Å². The van der Waals surface area contributed by atoms with Gasteiger partial charge in [0.15, 0.2) is 0 Å². The lowest BCUT2D eigenvalue weighted by Crippen LogP contribution is -2.23. The van der Waals surface area contributed by atoms with E-state index in [1.807, 2.05) is 6.92 Å². The van der Waals surface area contributed by atoms with Gasteiger partial charge >= 0.3 is 11.4 Å². The van der Waals surface area contributed by atoms with Crippen molar-refractivity contribution in [2.24, 2.45) is 0 Å². The van der Waals surface area contributed by atoms with Crippen LogP contribution >= 0.6 is 0 Å². The van der Waals surface area contributed by atoms with E-state index in [0.29, 0.717) is 11.5 Å². The van der Waals surface area contributed by atoms with Crippen molar-refractivity contribution >= 4 is 11.5 Å². The lowest BCUT2D eigenvalue weighted by Gasteiger charge is -2.05. The first kappa shape index (κ1) is 13.6. The molecule has 0 spiro atoms. The van der Waals surface area contributed by atoms with Crippen LogP contribution in [0.15, 0.2) is 29.6 Å². The normalized spacial score (nSPS) is 10.2. The third-order valence-corrected chi connectivity index (χ3v) is 2.45. The van der Waals surface area contributed by atoms with Crippen LogP contribution in [0.5, 0.6) is 0 Å². The first-order valence-corrected chi connectivity index (χ1v) is 5.86. The van der Waals surface area contributed by atoms with Gasteiger partial charge in [-0.3, -0.25) is 19.7 Å². The van der Waals surface area contributed by atoms with Gasteiger partial charge in [0.25, 0.3) is 0 Å². The topological polar surface area (TPSA) is 116 Å². The van der Waals surface area contributed by atoms with E-state index in [-0.39, 0.29) is 12.2 Å². The maximum absolute atomic E-state index is 11.5. The van der Waals surface area contributed by atoms with Crippen LogP contribution < -0.4 is 11.0 Å². The lowest BCUT2D eigenvalue weighted by atomic mass is 10.4. The first-order chi connectivity index (χ1) is 9.60. The molecule has 0 aliphatic carbocycles. The molecule has 1 N–H and O–H groups in total. The predicted octanol–water partition coefficient (Wildman–Crippen LogP) is 0.422. The smallest absolute Gasteiger partial charge is 0.348 e. The van der Waals surface area contributed by atoms with Crippen molar-refractivity contribution in [1.29, 1.82) is 0 Å². The lowest BCUT2D eigenvalue weighted by molar-refractivity contribution is -0.385. The standard InChI is InChI=1S/C11H12N6O3/c1-2-12-10-5-13-8(3-14-10)6-16-7-9(17(19)20)4-15-11(16)18/h3-5,7H,2,6H2,1H3,(H,12,14). The second-order valence-corrected chi connectivity index (χ2v) is 3.90. The molecular formula is C11H12N6O3. The molecule has 0 aromatic carbocycles. The molecule has 0 aliphatic heterocycles. The van der Waals surface area contributed by atoms with E-state index in [2.05, 4.69) is 20.3 Å². The Morgan fingerprint density at radius 1 is 1.30 bits per heavy atom. The number of hydrogen-bond donors (Lipinski definition) is 1. The zero-order valence-corrected chi connectivity index (χ0v) is 10.7. The van der Waals surface area contributed by atoms with Crippen LogP contribution in [-0.2, 0) is 6.54 Å². The number of nitrogens with one attached hydrogen (secondary N) is 1. The van der Waals surface area contributed by atoms with Gasteiger partial charge < -0.3 is 5.32 Å². The number of rotatable bonds is 5. The Hall–Kier alpha value is -2.84. The van der Waals surface area contributed by atoms with Crippen LogP contribution in [0.2, 0.25) is 0 Å². The number of hydrogen-bond acceptors (Lipinski definition) is 7. The van der Waals surface area contributed by atoms with E-state index >= 15 is 0 Å². The minimum atomic E-state index is -0.608. The van der Waals surface area contributed by atoms with Crippen LogP contribution in [0.3, 0.4) is 0 Å². The molecular weight excluding hydrogens is 264 g/mol. The van der Waals surface area contributed by atoms with Gasteiger partial charge in [0.05, 0.1) is 35.8 Å². The van der Waals surface area contributed by atoms with Gasteiger partial charge in [-0.1, -0.05) is 0 Å². The van der Waals surface area contributed by atoms with Crippen molar-refractivity contribution in [3.8, 4) is 0 Å². The molecule has 9 nitrogen and oxygen atoms in total. The zero-order valence-electron chi connectivity index (χ0n) is 10.7. The van der Waals surface area contributed by atoms with Crippen molar-refractivity contribution in [3.63, 3.8) is 0 Å². The summed E-state index contributed by atoms with van der Waals surface area (Å²) in [6.45, 7) is 2.74. The molecule has 104 valence electrons. The van der Waals surface area contributed by atoms with E-state index in [9.17, 15) is 14.9 Å². The molecule has 0 fully saturated rings. The number of anilines is 1. The van der Waals surface area contributed by atoms with E-state index < -0.39 is 10.6 Å². The molecule has 0 saturated carbocycles. The van der Waals surface area contributed by atoms with E-state index in [4.69, 9.17) is 0 Å². The van der Waals surface area contributed by atoms with Gasteiger partial charge in [-0.15, -0.1) is 0 Å². The summed E-state index contributed by atoms with van der Waals surface area (Å²) in [6, 6.07) is 0. The average molecular weight is 276 g/mol. The Morgan fingerprint density at radius 2 is 2.10 bits per heavy atom. The Kier molecular flexibility index (Phi) is 3.99. The summed E-state index contributed by atoms with van der Waals surface area (Å²) >= 11 is 0. The minimum absolute atomic E-state index is 0.0763. The summed E-state index contributed by atoms with van der Waals surface area (Å²) in [6.07, 6.45) is 5.10. The van der Waals surface area contributed by atoms with Gasteiger partial charge in [-0.05, 0) is 6.92 Å². The zero-order chi connectivity index (χ0) is 14.5. The van der Waals surface area contributed by atoms with Gasteiger partial charge in [-0.2, -0.15) is 4.98 Å². The van der Waals surface area contributed by atoms with Gasteiger partial charge in [0.2, 0.25) is 0 Å². The molecule has 2 heterocycles. The second-order valence-electron chi connectivity index (χ2n) is 3.90. The van der Waals surface area contributed by atoms with Crippen LogP contribution in [0.25, 0.3) is 0 Å². The maximum atomic E-state index is 11.5. The monoisotopic (exact) mass is 276 g/mol. The summed E-state index contributed by atoms with van der Waals surface area (Å²) in [7, 11) is 0. The largest absolute Gasteiger partial charge is 0.369 e.